The van der Waals surface area contributed by atoms with Crippen LogP contribution in [0, 0.1) is 0 Å². The number of thioether (sulfide) groups is 1. The van der Waals surface area contributed by atoms with Crippen molar-refractivity contribution in [3.63, 3.8) is 0 Å². The lowest BCUT2D eigenvalue weighted by molar-refractivity contribution is -0.116. The molecule has 0 aromatic heterocycles. The highest BCUT2D eigenvalue weighted by atomic mass is 32.2. The van der Waals surface area contributed by atoms with Crippen LogP contribution in [-0.2, 0) is 4.79 Å². The predicted octanol–water partition coefficient (Wildman–Crippen LogP) is 1.06. The molecule has 0 spiro atoms. The van der Waals surface area contributed by atoms with Gasteiger partial charge in [-0.1, -0.05) is 12.1 Å². The highest BCUT2D eigenvalue weighted by Gasteiger charge is 2.19. The number of hydrogen-bond donors (Lipinski definition) is 2. The summed E-state index contributed by atoms with van der Waals surface area (Å²) in [7, 11) is 0. The maximum atomic E-state index is 11.3. The molecule has 0 saturated carbocycles. The van der Waals surface area contributed by atoms with Crippen molar-refractivity contribution in [3.8, 4) is 0 Å². The van der Waals surface area contributed by atoms with E-state index in [-0.39, 0.29) is 5.91 Å². The lowest BCUT2D eigenvalue weighted by Crippen LogP contribution is -2.36. The fourth-order valence-electron chi connectivity index (χ4n) is 1.18. The summed E-state index contributed by atoms with van der Waals surface area (Å²) in [6.07, 6.45) is 0. The average Bonchev–Trinajstić information content (AvgIpc) is 2.28. The van der Waals surface area contributed by atoms with Crippen LogP contribution in [0.25, 0.3) is 0 Å². The topological polar surface area (TPSA) is 55.1 Å². The third-order valence-corrected chi connectivity index (χ3v) is 3.09. The molecule has 2 rings (SSSR count). The largest absolute Gasteiger partial charge is 0.324 e. The SMILES string of the molecule is N[C@H]1CSc2ccccc2NC1=O. The van der Waals surface area contributed by atoms with Gasteiger partial charge in [-0.3, -0.25) is 4.79 Å². The molecular weight excluding hydrogens is 184 g/mol. The first-order valence-electron chi connectivity index (χ1n) is 4.05. The molecule has 1 atom stereocenters. The molecule has 0 unspecified atom stereocenters. The lowest BCUT2D eigenvalue weighted by atomic mass is 10.3. The number of para-hydroxylation sites is 1. The third-order valence-electron chi connectivity index (χ3n) is 1.90. The van der Waals surface area contributed by atoms with Crippen LogP contribution in [0.2, 0.25) is 0 Å². The van der Waals surface area contributed by atoms with E-state index in [2.05, 4.69) is 5.32 Å². The van der Waals surface area contributed by atoms with Gasteiger partial charge in [-0.05, 0) is 12.1 Å². The highest BCUT2D eigenvalue weighted by molar-refractivity contribution is 7.99. The van der Waals surface area contributed by atoms with Crippen molar-refractivity contribution in [2.24, 2.45) is 5.73 Å². The van der Waals surface area contributed by atoms with Crippen LogP contribution in [0.15, 0.2) is 29.2 Å². The molecule has 4 heteroatoms. The van der Waals surface area contributed by atoms with Gasteiger partial charge in [0.05, 0.1) is 11.7 Å². The number of amides is 1. The van der Waals surface area contributed by atoms with Crippen molar-refractivity contribution in [1.29, 1.82) is 0 Å². The van der Waals surface area contributed by atoms with E-state index in [0.717, 1.165) is 10.6 Å². The zero-order valence-electron chi connectivity index (χ0n) is 6.99. The van der Waals surface area contributed by atoms with Crippen LogP contribution >= 0.6 is 11.8 Å². The Morgan fingerprint density at radius 1 is 1.46 bits per heavy atom. The van der Waals surface area contributed by atoms with E-state index >= 15 is 0 Å². The van der Waals surface area contributed by atoms with Gasteiger partial charge in [-0.15, -0.1) is 11.8 Å². The van der Waals surface area contributed by atoms with Gasteiger partial charge in [0.2, 0.25) is 5.91 Å². The van der Waals surface area contributed by atoms with Gasteiger partial charge in [0.1, 0.15) is 0 Å². The molecule has 3 nitrogen and oxygen atoms in total. The second-order valence-corrected chi connectivity index (χ2v) is 3.96. The van der Waals surface area contributed by atoms with Crippen molar-refractivity contribution in [2.45, 2.75) is 10.9 Å². The second kappa shape index (κ2) is 3.40. The van der Waals surface area contributed by atoms with E-state index in [1.54, 1.807) is 11.8 Å². The Morgan fingerprint density at radius 2 is 2.23 bits per heavy atom. The van der Waals surface area contributed by atoms with E-state index in [1.807, 2.05) is 24.3 Å². The number of hydrogen-bond acceptors (Lipinski definition) is 3. The number of anilines is 1. The van der Waals surface area contributed by atoms with Crippen LogP contribution < -0.4 is 11.1 Å². The minimum Gasteiger partial charge on any atom is -0.324 e. The van der Waals surface area contributed by atoms with Crippen LogP contribution in [0.3, 0.4) is 0 Å². The molecule has 3 N–H and O–H groups in total. The molecule has 1 aliphatic rings. The van der Waals surface area contributed by atoms with Gasteiger partial charge < -0.3 is 11.1 Å². The Labute approximate surface area is 80.7 Å². The molecule has 0 aliphatic carbocycles. The number of fused-ring (bicyclic) bond motifs is 1. The van der Waals surface area contributed by atoms with Crippen molar-refractivity contribution in [2.75, 3.05) is 11.1 Å². The number of nitrogens with two attached hydrogens (primary N) is 1. The number of carbonyl (C=O) groups is 1. The Balaban J connectivity index is 2.35. The molecule has 13 heavy (non-hydrogen) atoms. The van der Waals surface area contributed by atoms with Gasteiger partial charge in [0.25, 0.3) is 0 Å². The highest BCUT2D eigenvalue weighted by Crippen LogP contribution is 2.29. The number of carbonyl (C=O) groups excluding carboxylic acids is 1. The summed E-state index contributed by atoms with van der Waals surface area (Å²) in [6, 6.07) is 7.32. The summed E-state index contributed by atoms with van der Waals surface area (Å²) < 4.78 is 0. The summed E-state index contributed by atoms with van der Waals surface area (Å²) in [5.74, 6) is 0.542. The van der Waals surface area contributed by atoms with E-state index < -0.39 is 6.04 Å². The molecule has 1 aromatic rings. The zero-order chi connectivity index (χ0) is 9.26. The van der Waals surface area contributed by atoms with Crippen molar-refractivity contribution in [3.05, 3.63) is 24.3 Å². The quantitative estimate of drug-likeness (QED) is 0.649. The molecule has 0 saturated heterocycles. The first kappa shape index (κ1) is 8.59. The summed E-state index contributed by atoms with van der Waals surface area (Å²) in [6.45, 7) is 0. The Bertz CT molecular complexity index is 340. The smallest absolute Gasteiger partial charge is 0.242 e. The monoisotopic (exact) mass is 194 g/mol. The van der Waals surface area contributed by atoms with E-state index in [0.29, 0.717) is 5.75 Å². The maximum Gasteiger partial charge on any atom is 0.242 e. The molecule has 1 aromatic carbocycles. The summed E-state index contributed by atoms with van der Waals surface area (Å²) in [5, 5.41) is 2.79. The Morgan fingerprint density at radius 3 is 3.08 bits per heavy atom. The number of nitrogens with one attached hydrogen (secondary N) is 1. The van der Waals surface area contributed by atoms with Crippen LogP contribution in [0.5, 0.6) is 0 Å². The molecule has 1 aliphatic heterocycles. The Kier molecular flexibility index (Phi) is 2.24. The van der Waals surface area contributed by atoms with E-state index in [9.17, 15) is 4.79 Å². The van der Waals surface area contributed by atoms with Crippen LogP contribution in [0.4, 0.5) is 5.69 Å². The lowest BCUT2D eigenvalue weighted by Gasteiger charge is -2.05. The standard InChI is InChI=1S/C9H10N2OS/c10-6-5-13-8-4-2-1-3-7(8)11-9(6)12/h1-4,6H,5,10H2,(H,11,12)/t6-/m0/s1. The van der Waals surface area contributed by atoms with E-state index in [4.69, 9.17) is 5.73 Å². The number of benzene rings is 1. The van der Waals surface area contributed by atoms with Crippen molar-refractivity contribution < 1.29 is 4.79 Å². The van der Waals surface area contributed by atoms with Gasteiger partial charge in [0.15, 0.2) is 0 Å². The third kappa shape index (κ3) is 1.68. The molecular formula is C9H10N2OS. The van der Waals surface area contributed by atoms with Crippen LogP contribution in [-0.4, -0.2) is 17.7 Å². The minimum absolute atomic E-state index is 0.0996. The van der Waals surface area contributed by atoms with Gasteiger partial charge >= 0.3 is 0 Å². The minimum atomic E-state index is -0.405. The molecule has 0 bridgehead atoms. The predicted molar refractivity (Wildman–Crippen MR) is 53.8 cm³/mol. The molecule has 0 radical (unpaired) electrons. The first-order valence-corrected chi connectivity index (χ1v) is 5.04. The Hall–Kier alpha value is -1.00. The normalized spacial score (nSPS) is 21.6. The second-order valence-electron chi connectivity index (χ2n) is 2.90. The zero-order valence-corrected chi connectivity index (χ0v) is 7.80. The maximum absolute atomic E-state index is 11.3. The molecule has 0 fully saturated rings. The first-order chi connectivity index (χ1) is 6.27. The van der Waals surface area contributed by atoms with Crippen molar-refractivity contribution in [1.82, 2.24) is 0 Å². The van der Waals surface area contributed by atoms with Crippen LogP contribution in [0.1, 0.15) is 0 Å². The fourth-order valence-corrected chi connectivity index (χ4v) is 2.14. The van der Waals surface area contributed by atoms with Gasteiger partial charge in [0, 0.05) is 10.6 Å². The van der Waals surface area contributed by atoms with Gasteiger partial charge in [-0.2, -0.15) is 0 Å². The molecule has 1 heterocycles. The van der Waals surface area contributed by atoms with Crippen molar-refractivity contribution >= 4 is 23.4 Å². The fraction of sp³-hybridized carbons (Fsp3) is 0.222. The molecule has 1 amide bonds. The molecule has 68 valence electrons. The van der Waals surface area contributed by atoms with Gasteiger partial charge in [-0.25, -0.2) is 0 Å². The average molecular weight is 194 g/mol. The summed E-state index contributed by atoms with van der Waals surface area (Å²) in [4.78, 5) is 12.4. The number of rotatable bonds is 0. The van der Waals surface area contributed by atoms with E-state index in [1.165, 1.54) is 0 Å². The summed E-state index contributed by atoms with van der Waals surface area (Å²) >= 11 is 1.61. The summed E-state index contributed by atoms with van der Waals surface area (Å²) in [5.41, 5.74) is 6.49.